The quantitative estimate of drug-likeness (QED) is 0.159. The molecule has 6 heteroatoms. The number of aromatic nitrogens is 2. The predicted octanol–water partition coefficient (Wildman–Crippen LogP) is 8.76. The van der Waals surface area contributed by atoms with E-state index in [1.165, 1.54) is 11.1 Å². The van der Waals surface area contributed by atoms with Gasteiger partial charge in [0.15, 0.2) is 0 Å². The lowest BCUT2D eigenvalue weighted by Crippen LogP contribution is -2.28. The fraction of sp³-hybridized carbons (Fsp3) is 0.250. The maximum Gasteiger partial charge on any atom is 0.258 e. The molecule has 0 aliphatic rings. The Morgan fingerprint density at radius 3 is 1.35 bits per heavy atom. The van der Waals surface area contributed by atoms with Gasteiger partial charge < -0.3 is 9.80 Å². The average Bonchev–Trinajstić information content (AvgIpc) is 3.07. The van der Waals surface area contributed by atoms with Gasteiger partial charge >= 0.3 is 0 Å². The lowest BCUT2D eigenvalue weighted by Gasteiger charge is -2.20. The van der Waals surface area contributed by atoms with Crippen LogP contribution in [0, 0.1) is 11.8 Å². The van der Waals surface area contributed by atoms with E-state index in [2.05, 4.69) is 86.2 Å². The predicted molar refractivity (Wildman–Crippen MR) is 188 cm³/mol. The lowest BCUT2D eigenvalue weighted by molar-refractivity contribution is 0.0992. The second kappa shape index (κ2) is 14.3. The van der Waals surface area contributed by atoms with Crippen LogP contribution < -0.4 is 9.80 Å². The Morgan fingerprint density at radius 1 is 0.565 bits per heavy atom. The van der Waals surface area contributed by atoms with Gasteiger partial charge in [-0.05, 0) is 90.4 Å². The van der Waals surface area contributed by atoms with Crippen molar-refractivity contribution in [1.82, 2.24) is 9.97 Å². The number of carbonyl (C=O) groups excluding carboxylic acids is 2. The van der Waals surface area contributed by atoms with Gasteiger partial charge in [0.25, 0.3) is 11.8 Å². The largest absolute Gasteiger partial charge is 0.310 e. The molecule has 6 nitrogen and oxygen atoms in total. The summed E-state index contributed by atoms with van der Waals surface area (Å²) >= 11 is 0. The summed E-state index contributed by atoms with van der Waals surface area (Å²) in [6.45, 7) is 8.84. The first-order valence-electron chi connectivity index (χ1n) is 15.9. The number of pyridine rings is 2. The standard InChI is InChI=1S/C40H42N4O2/c1-27(2)20-29-10-7-12-31(22-29)37-18-16-35(25-41-37)43(5)39(45)33-14-9-15-34(24-33)40(46)44(6)36-17-19-38(42-26-36)32-13-8-11-30(23-32)21-28(3)4/h7-19,22-28H,20-21H2,1-6H3. The molecule has 5 rings (SSSR count). The molecule has 5 aromatic rings. The normalized spacial score (nSPS) is 11.1. The molecule has 46 heavy (non-hydrogen) atoms. The van der Waals surface area contributed by atoms with Gasteiger partial charge in [-0.2, -0.15) is 0 Å². The van der Waals surface area contributed by atoms with Crippen LogP contribution in [0.25, 0.3) is 22.5 Å². The van der Waals surface area contributed by atoms with E-state index in [0.717, 1.165) is 35.4 Å². The van der Waals surface area contributed by atoms with E-state index >= 15 is 0 Å². The number of hydrogen-bond acceptors (Lipinski definition) is 4. The first kappa shape index (κ1) is 32.3. The van der Waals surface area contributed by atoms with Gasteiger partial charge in [0.05, 0.1) is 35.2 Å². The molecule has 0 atom stereocenters. The Kier molecular flexibility index (Phi) is 10.1. The first-order valence-corrected chi connectivity index (χ1v) is 15.9. The van der Waals surface area contributed by atoms with Crippen molar-refractivity contribution < 1.29 is 9.59 Å². The number of anilines is 2. The van der Waals surface area contributed by atoms with Crippen molar-refractivity contribution >= 4 is 23.2 Å². The van der Waals surface area contributed by atoms with Gasteiger partial charge in [0, 0.05) is 36.3 Å². The van der Waals surface area contributed by atoms with Gasteiger partial charge in [-0.15, -0.1) is 0 Å². The number of hydrogen-bond donors (Lipinski definition) is 0. The molecule has 0 aliphatic heterocycles. The average molecular weight is 611 g/mol. The van der Waals surface area contributed by atoms with Crippen molar-refractivity contribution in [2.45, 2.75) is 40.5 Å². The summed E-state index contributed by atoms with van der Waals surface area (Å²) in [6.07, 6.45) is 5.44. The van der Waals surface area contributed by atoms with E-state index in [-0.39, 0.29) is 11.8 Å². The molecule has 0 saturated heterocycles. The zero-order valence-corrected chi connectivity index (χ0v) is 27.6. The molecule has 0 bridgehead atoms. The third kappa shape index (κ3) is 7.75. The molecule has 0 saturated carbocycles. The molecule has 2 aromatic heterocycles. The minimum absolute atomic E-state index is 0.225. The fourth-order valence-electron chi connectivity index (χ4n) is 5.58. The minimum Gasteiger partial charge on any atom is -0.310 e. The van der Waals surface area contributed by atoms with Gasteiger partial charge in [0.1, 0.15) is 0 Å². The molecule has 3 aromatic carbocycles. The van der Waals surface area contributed by atoms with E-state index < -0.39 is 0 Å². The maximum absolute atomic E-state index is 13.5. The van der Waals surface area contributed by atoms with Crippen molar-refractivity contribution in [1.29, 1.82) is 0 Å². The lowest BCUT2D eigenvalue weighted by atomic mass is 10.00. The molecule has 0 spiro atoms. The second-order valence-electron chi connectivity index (χ2n) is 12.7. The van der Waals surface area contributed by atoms with Gasteiger partial charge in [-0.1, -0.05) is 70.2 Å². The van der Waals surface area contributed by atoms with Gasteiger partial charge in [-0.25, -0.2) is 0 Å². The molecule has 2 heterocycles. The molecule has 234 valence electrons. The van der Waals surface area contributed by atoms with Crippen molar-refractivity contribution in [2.75, 3.05) is 23.9 Å². The molecular formula is C40H42N4O2. The van der Waals surface area contributed by atoms with Crippen LogP contribution in [0.1, 0.15) is 59.5 Å². The van der Waals surface area contributed by atoms with Crippen molar-refractivity contribution in [3.8, 4) is 22.5 Å². The van der Waals surface area contributed by atoms with Crippen LogP contribution >= 0.6 is 0 Å². The summed E-state index contributed by atoms with van der Waals surface area (Å²) in [7, 11) is 3.43. The number of nitrogens with zero attached hydrogens (tertiary/aromatic N) is 4. The maximum atomic E-state index is 13.5. The zero-order valence-electron chi connectivity index (χ0n) is 27.6. The summed E-state index contributed by atoms with van der Waals surface area (Å²) in [5, 5.41) is 0. The van der Waals surface area contributed by atoms with Gasteiger partial charge in [-0.3, -0.25) is 19.6 Å². The first-order chi connectivity index (χ1) is 22.1. The molecular weight excluding hydrogens is 568 g/mol. The highest BCUT2D eigenvalue weighted by molar-refractivity contribution is 6.10. The number of carbonyl (C=O) groups is 2. The van der Waals surface area contributed by atoms with Crippen LogP contribution in [-0.2, 0) is 12.8 Å². The van der Waals surface area contributed by atoms with Crippen molar-refractivity contribution in [3.63, 3.8) is 0 Å². The molecule has 0 unspecified atom stereocenters. The number of rotatable bonds is 10. The van der Waals surface area contributed by atoms with Crippen LogP contribution in [0.5, 0.6) is 0 Å². The molecule has 0 radical (unpaired) electrons. The van der Waals surface area contributed by atoms with E-state index in [0.29, 0.717) is 34.3 Å². The van der Waals surface area contributed by atoms with Crippen LogP contribution in [0.4, 0.5) is 11.4 Å². The summed E-state index contributed by atoms with van der Waals surface area (Å²) in [5.41, 5.74) is 8.54. The van der Waals surface area contributed by atoms with Crippen molar-refractivity contribution in [3.05, 3.63) is 132 Å². The summed E-state index contributed by atoms with van der Waals surface area (Å²) in [4.78, 5) is 39.4. The third-order valence-corrected chi connectivity index (χ3v) is 7.97. The Labute approximate surface area is 272 Å². The Balaban J connectivity index is 1.27. The minimum atomic E-state index is -0.225. The summed E-state index contributed by atoms with van der Waals surface area (Å²) in [6, 6.07) is 31.3. The van der Waals surface area contributed by atoms with E-state index in [4.69, 9.17) is 0 Å². The number of benzene rings is 3. The summed E-state index contributed by atoms with van der Waals surface area (Å²) in [5.74, 6) is 0.699. The topological polar surface area (TPSA) is 66.4 Å². The molecule has 0 N–H and O–H groups in total. The molecule has 2 amide bonds. The van der Waals surface area contributed by atoms with E-state index in [1.54, 1.807) is 60.6 Å². The number of amides is 2. The third-order valence-electron chi connectivity index (χ3n) is 7.97. The van der Waals surface area contributed by atoms with Crippen LogP contribution in [-0.4, -0.2) is 35.9 Å². The Hall–Kier alpha value is -5.10. The zero-order chi connectivity index (χ0) is 32.8. The SMILES string of the molecule is CC(C)Cc1cccc(-c2ccc(N(C)C(=O)c3cccc(C(=O)N(C)c4ccc(-c5cccc(CC(C)C)c5)nc4)c3)cn2)c1. The van der Waals surface area contributed by atoms with E-state index in [1.807, 2.05) is 24.3 Å². The Morgan fingerprint density at radius 2 is 0.978 bits per heavy atom. The molecule has 0 fully saturated rings. The highest BCUT2D eigenvalue weighted by Crippen LogP contribution is 2.25. The van der Waals surface area contributed by atoms with Gasteiger partial charge in [0.2, 0.25) is 0 Å². The van der Waals surface area contributed by atoms with E-state index in [9.17, 15) is 9.59 Å². The second-order valence-corrected chi connectivity index (χ2v) is 12.7. The summed E-state index contributed by atoms with van der Waals surface area (Å²) < 4.78 is 0. The highest BCUT2D eigenvalue weighted by Gasteiger charge is 2.19. The fourth-order valence-corrected chi connectivity index (χ4v) is 5.58. The molecule has 0 aliphatic carbocycles. The monoisotopic (exact) mass is 610 g/mol. The van der Waals surface area contributed by atoms with Crippen LogP contribution in [0.3, 0.4) is 0 Å². The van der Waals surface area contributed by atoms with Crippen LogP contribution in [0.2, 0.25) is 0 Å². The van der Waals surface area contributed by atoms with Crippen molar-refractivity contribution in [2.24, 2.45) is 11.8 Å². The highest BCUT2D eigenvalue weighted by atomic mass is 16.2. The van der Waals surface area contributed by atoms with Crippen LogP contribution in [0.15, 0.2) is 109 Å². The Bertz CT molecular complexity index is 1680. The smallest absolute Gasteiger partial charge is 0.258 e.